The molecule has 0 heterocycles. The highest BCUT2D eigenvalue weighted by molar-refractivity contribution is 5.85. The van der Waals surface area contributed by atoms with E-state index in [4.69, 9.17) is 0 Å². The molecule has 0 unspecified atom stereocenters. The maximum absolute atomic E-state index is 12.6. The van der Waals surface area contributed by atoms with Crippen molar-refractivity contribution in [1.29, 1.82) is 0 Å². The average Bonchev–Trinajstić information content (AvgIpc) is 2.27. The van der Waals surface area contributed by atoms with Crippen LogP contribution in [0.4, 0.5) is 0 Å². The number of carbonyl (C=O) groups excluding carboxylic acids is 1. The van der Waals surface area contributed by atoms with E-state index in [9.17, 15) is 14.7 Å². The van der Waals surface area contributed by atoms with Crippen LogP contribution >= 0.6 is 0 Å². The maximum atomic E-state index is 12.6. The van der Waals surface area contributed by atoms with Crippen molar-refractivity contribution in [3.05, 3.63) is 0 Å². The third-order valence-electron chi connectivity index (χ3n) is 3.77. The first-order valence-electron chi connectivity index (χ1n) is 6.91. The Balaban J connectivity index is 2.88. The van der Waals surface area contributed by atoms with Gasteiger partial charge in [-0.05, 0) is 40.5 Å². The molecule has 0 aromatic heterocycles. The monoisotopic (exact) mass is 255 g/mol. The molecule has 1 fully saturated rings. The van der Waals surface area contributed by atoms with Gasteiger partial charge in [-0.15, -0.1) is 0 Å². The summed E-state index contributed by atoms with van der Waals surface area (Å²) in [5.41, 5.74) is 0. The molecule has 0 aromatic rings. The van der Waals surface area contributed by atoms with Crippen LogP contribution in [-0.2, 0) is 9.59 Å². The molecule has 2 atom stereocenters. The van der Waals surface area contributed by atoms with Crippen LogP contribution in [0.15, 0.2) is 0 Å². The predicted octanol–water partition coefficient (Wildman–Crippen LogP) is 2.52. The van der Waals surface area contributed by atoms with E-state index in [1.165, 1.54) is 0 Å². The van der Waals surface area contributed by atoms with E-state index in [0.29, 0.717) is 12.8 Å². The second-order valence-corrected chi connectivity index (χ2v) is 5.77. The van der Waals surface area contributed by atoms with Crippen LogP contribution in [0.5, 0.6) is 0 Å². The number of amides is 1. The van der Waals surface area contributed by atoms with Gasteiger partial charge in [-0.1, -0.05) is 12.8 Å². The first kappa shape index (κ1) is 15.0. The minimum atomic E-state index is -0.819. The van der Waals surface area contributed by atoms with Crippen LogP contribution < -0.4 is 0 Å². The maximum Gasteiger partial charge on any atom is 0.307 e. The van der Waals surface area contributed by atoms with Gasteiger partial charge >= 0.3 is 5.97 Å². The molecule has 1 aliphatic carbocycles. The average molecular weight is 255 g/mol. The number of hydrogen-bond acceptors (Lipinski definition) is 2. The Morgan fingerprint density at radius 3 is 1.83 bits per heavy atom. The Hall–Kier alpha value is -1.06. The molecule has 1 N–H and O–H groups in total. The molecule has 104 valence electrons. The SMILES string of the molecule is CC(C)N(C(=O)[C@H]1CCCC[C@@H]1C(=O)O)C(C)C. The second-order valence-electron chi connectivity index (χ2n) is 5.77. The Morgan fingerprint density at radius 1 is 1.00 bits per heavy atom. The van der Waals surface area contributed by atoms with Gasteiger partial charge in [0, 0.05) is 12.1 Å². The van der Waals surface area contributed by atoms with Crippen LogP contribution in [0, 0.1) is 11.8 Å². The number of nitrogens with zero attached hydrogens (tertiary/aromatic N) is 1. The van der Waals surface area contributed by atoms with Crippen LogP contribution in [-0.4, -0.2) is 34.0 Å². The summed E-state index contributed by atoms with van der Waals surface area (Å²) in [6, 6.07) is 0.239. The molecule has 18 heavy (non-hydrogen) atoms. The summed E-state index contributed by atoms with van der Waals surface area (Å²) in [6.45, 7) is 7.93. The third-order valence-corrected chi connectivity index (χ3v) is 3.77. The topological polar surface area (TPSA) is 57.6 Å². The summed E-state index contributed by atoms with van der Waals surface area (Å²) < 4.78 is 0. The van der Waals surface area contributed by atoms with E-state index in [-0.39, 0.29) is 23.9 Å². The predicted molar refractivity (Wildman–Crippen MR) is 70.2 cm³/mol. The van der Waals surface area contributed by atoms with Gasteiger partial charge in [0.05, 0.1) is 11.8 Å². The Kier molecular flexibility index (Phi) is 5.17. The zero-order chi connectivity index (χ0) is 13.9. The van der Waals surface area contributed by atoms with E-state index in [1.807, 2.05) is 32.6 Å². The number of hydrogen-bond donors (Lipinski definition) is 1. The molecule has 1 rings (SSSR count). The number of carbonyl (C=O) groups is 2. The van der Waals surface area contributed by atoms with E-state index in [1.54, 1.807) is 0 Å². The lowest BCUT2D eigenvalue weighted by atomic mass is 9.78. The number of carboxylic acid groups (broad SMARTS) is 1. The lowest BCUT2D eigenvalue weighted by Crippen LogP contribution is -2.48. The van der Waals surface area contributed by atoms with Crippen molar-refractivity contribution >= 4 is 11.9 Å². The molecular weight excluding hydrogens is 230 g/mol. The highest BCUT2D eigenvalue weighted by atomic mass is 16.4. The summed E-state index contributed by atoms with van der Waals surface area (Å²) in [7, 11) is 0. The van der Waals surface area contributed by atoms with Gasteiger partial charge in [0.2, 0.25) is 5.91 Å². The molecule has 4 heteroatoms. The number of carboxylic acids is 1. The van der Waals surface area contributed by atoms with Crippen molar-refractivity contribution in [1.82, 2.24) is 4.90 Å². The molecule has 1 amide bonds. The lowest BCUT2D eigenvalue weighted by Gasteiger charge is -2.37. The van der Waals surface area contributed by atoms with Crippen molar-refractivity contribution in [2.45, 2.75) is 65.5 Å². The van der Waals surface area contributed by atoms with Gasteiger partial charge in [0.15, 0.2) is 0 Å². The highest BCUT2D eigenvalue weighted by Crippen LogP contribution is 2.32. The molecule has 0 radical (unpaired) electrons. The standard InChI is InChI=1S/C14H25NO3/c1-9(2)15(10(3)4)13(16)11-7-5-6-8-12(11)14(17)18/h9-12H,5-8H2,1-4H3,(H,17,18)/t11-,12-/m0/s1. The molecule has 0 saturated heterocycles. The Bertz CT molecular complexity index is 304. The van der Waals surface area contributed by atoms with Gasteiger partial charge in [-0.3, -0.25) is 9.59 Å². The van der Waals surface area contributed by atoms with E-state index < -0.39 is 11.9 Å². The first-order chi connectivity index (χ1) is 8.36. The number of aliphatic carboxylic acids is 1. The quantitative estimate of drug-likeness (QED) is 0.839. The minimum Gasteiger partial charge on any atom is -0.481 e. The summed E-state index contributed by atoms with van der Waals surface area (Å²) in [5.74, 6) is -1.63. The Labute approximate surface area is 109 Å². The van der Waals surface area contributed by atoms with Crippen LogP contribution in [0.2, 0.25) is 0 Å². The smallest absolute Gasteiger partial charge is 0.307 e. The van der Waals surface area contributed by atoms with Gasteiger partial charge in [0.1, 0.15) is 0 Å². The lowest BCUT2D eigenvalue weighted by molar-refractivity contribution is -0.154. The van der Waals surface area contributed by atoms with Crippen molar-refractivity contribution in [2.75, 3.05) is 0 Å². The Morgan fingerprint density at radius 2 is 1.44 bits per heavy atom. The largest absolute Gasteiger partial charge is 0.481 e. The zero-order valence-corrected chi connectivity index (χ0v) is 11.8. The molecular formula is C14H25NO3. The molecule has 0 aromatic carbocycles. The van der Waals surface area contributed by atoms with E-state index in [0.717, 1.165) is 12.8 Å². The van der Waals surface area contributed by atoms with Crippen molar-refractivity contribution in [3.8, 4) is 0 Å². The molecule has 0 bridgehead atoms. The van der Waals surface area contributed by atoms with Crippen molar-refractivity contribution < 1.29 is 14.7 Å². The van der Waals surface area contributed by atoms with Crippen molar-refractivity contribution in [2.24, 2.45) is 11.8 Å². The van der Waals surface area contributed by atoms with Crippen LogP contribution in [0.25, 0.3) is 0 Å². The fraction of sp³-hybridized carbons (Fsp3) is 0.857. The van der Waals surface area contributed by atoms with Crippen molar-refractivity contribution in [3.63, 3.8) is 0 Å². The zero-order valence-electron chi connectivity index (χ0n) is 11.8. The molecule has 1 saturated carbocycles. The molecule has 4 nitrogen and oxygen atoms in total. The minimum absolute atomic E-state index is 0.0205. The summed E-state index contributed by atoms with van der Waals surface area (Å²) >= 11 is 0. The molecule has 0 spiro atoms. The fourth-order valence-corrected chi connectivity index (χ4v) is 3.02. The van der Waals surface area contributed by atoms with Crippen LogP contribution in [0.1, 0.15) is 53.4 Å². The van der Waals surface area contributed by atoms with E-state index in [2.05, 4.69) is 0 Å². The highest BCUT2D eigenvalue weighted by Gasteiger charge is 2.38. The van der Waals surface area contributed by atoms with Gasteiger partial charge in [-0.2, -0.15) is 0 Å². The van der Waals surface area contributed by atoms with Gasteiger partial charge in [0.25, 0.3) is 0 Å². The second kappa shape index (κ2) is 6.21. The van der Waals surface area contributed by atoms with E-state index >= 15 is 0 Å². The summed E-state index contributed by atoms with van der Waals surface area (Å²) in [5, 5.41) is 9.25. The fourth-order valence-electron chi connectivity index (χ4n) is 3.02. The normalized spacial score (nSPS) is 24.3. The summed E-state index contributed by atoms with van der Waals surface area (Å²) in [4.78, 5) is 25.6. The first-order valence-corrected chi connectivity index (χ1v) is 6.91. The number of rotatable bonds is 4. The van der Waals surface area contributed by atoms with Crippen LogP contribution in [0.3, 0.4) is 0 Å². The summed E-state index contributed by atoms with van der Waals surface area (Å²) in [6.07, 6.45) is 3.23. The van der Waals surface area contributed by atoms with Gasteiger partial charge < -0.3 is 10.0 Å². The van der Waals surface area contributed by atoms with Gasteiger partial charge in [-0.25, -0.2) is 0 Å². The molecule has 1 aliphatic rings. The third kappa shape index (κ3) is 3.24. The molecule has 0 aliphatic heterocycles.